The molecule has 0 amide bonds. The summed E-state index contributed by atoms with van der Waals surface area (Å²) in [5, 5.41) is 0.866. The Labute approximate surface area is 187 Å². The van der Waals surface area contributed by atoms with Gasteiger partial charge in [-0.3, -0.25) is 13.9 Å². The van der Waals surface area contributed by atoms with Gasteiger partial charge >= 0.3 is 13.6 Å². The molecule has 2 heterocycles. The topological polar surface area (TPSA) is 96.0 Å². The number of aromatic nitrogens is 4. The number of imidazole rings is 1. The molecule has 4 rings (SSSR count). The van der Waals surface area contributed by atoms with Gasteiger partial charge in [-0.05, 0) is 41.0 Å². The average Bonchev–Trinajstić information content (AvgIpc) is 3.12. The lowest BCUT2D eigenvalue weighted by Gasteiger charge is -2.10. The third kappa shape index (κ3) is 3.66. The van der Waals surface area contributed by atoms with E-state index in [-0.39, 0.29) is 23.3 Å². The molecule has 8 nitrogen and oxygen atoms in total. The number of benzene rings is 2. The first-order chi connectivity index (χ1) is 14.8. The normalized spacial score (nSPS) is 11.9. The van der Waals surface area contributed by atoms with Crippen LogP contribution in [0.4, 0.5) is 0 Å². The van der Waals surface area contributed by atoms with Gasteiger partial charge in [0.25, 0.3) is 5.56 Å². The van der Waals surface area contributed by atoms with E-state index < -0.39 is 27.7 Å². The molecule has 1 unspecified atom stereocenters. The Morgan fingerprint density at radius 2 is 1.74 bits per heavy atom. The Bertz CT molecular complexity index is 1480. The van der Waals surface area contributed by atoms with Crippen molar-refractivity contribution in [1.29, 1.82) is 0 Å². The predicted octanol–water partition coefficient (Wildman–Crippen LogP) is 4.79. The summed E-state index contributed by atoms with van der Waals surface area (Å²) in [5.41, 5.74) is -0.573. The van der Waals surface area contributed by atoms with Crippen LogP contribution in [0.3, 0.4) is 0 Å². The molecule has 1 atom stereocenters. The minimum Gasteiger partial charge on any atom is -0.286 e. The van der Waals surface area contributed by atoms with E-state index in [4.69, 9.17) is 23.2 Å². The highest BCUT2D eigenvalue weighted by atomic mass is 35.5. The molecular formula is C19H13Cl2N4O4P2+. The number of rotatable bonds is 5. The predicted molar refractivity (Wildman–Crippen MR) is 122 cm³/mol. The highest BCUT2D eigenvalue weighted by Crippen LogP contribution is 2.33. The van der Waals surface area contributed by atoms with Crippen LogP contribution in [-0.4, -0.2) is 25.1 Å². The quantitative estimate of drug-likeness (QED) is 0.372. The molecule has 0 aliphatic carbocycles. The average molecular weight is 494 g/mol. The number of nitrogens with zero attached hydrogens (tertiary/aromatic N) is 4. The Kier molecular flexibility index (Phi) is 5.91. The lowest BCUT2D eigenvalue weighted by atomic mass is 10.2. The highest BCUT2D eigenvalue weighted by molar-refractivity contribution is 7.42. The zero-order valence-electron chi connectivity index (χ0n) is 15.9. The van der Waals surface area contributed by atoms with Crippen LogP contribution in [-0.2, 0) is 15.4 Å². The van der Waals surface area contributed by atoms with Crippen molar-refractivity contribution in [3.8, 4) is 17.1 Å². The van der Waals surface area contributed by atoms with Crippen molar-refractivity contribution < 1.29 is 9.13 Å². The minimum absolute atomic E-state index is 0.00527. The summed E-state index contributed by atoms with van der Waals surface area (Å²) >= 11 is 12.4. The molecule has 0 aliphatic rings. The monoisotopic (exact) mass is 493 g/mol. The van der Waals surface area contributed by atoms with Crippen LogP contribution in [0.2, 0.25) is 10.0 Å². The van der Waals surface area contributed by atoms with Crippen LogP contribution in [0.5, 0.6) is 0 Å². The lowest BCUT2D eigenvalue weighted by Crippen LogP contribution is -2.38. The highest BCUT2D eigenvalue weighted by Gasteiger charge is 2.29. The van der Waals surface area contributed by atoms with Crippen LogP contribution in [0.25, 0.3) is 28.2 Å². The second-order valence-electron chi connectivity index (χ2n) is 6.46. The maximum Gasteiger partial charge on any atom is 0.469 e. The van der Waals surface area contributed by atoms with Gasteiger partial charge in [0.2, 0.25) is 5.65 Å². The van der Waals surface area contributed by atoms with Crippen LogP contribution in [0, 0.1) is 0 Å². The molecule has 0 saturated heterocycles. The minimum atomic E-state index is -2.25. The maximum absolute atomic E-state index is 13.3. The van der Waals surface area contributed by atoms with Crippen molar-refractivity contribution in [3.05, 3.63) is 79.4 Å². The van der Waals surface area contributed by atoms with Gasteiger partial charge < -0.3 is 0 Å². The van der Waals surface area contributed by atoms with Crippen molar-refractivity contribution in [3.63, 3.8) is 0 Å². The summed E-state index contributed by atoms with van der Waals surface area (Å²) in [6, 6.07) is 13.6. The molecule has 156 valence electrons. The SMILES string of the molecule is C[P+](=O)n1c(=O)n(CP=O)c(=O)c2c1nc(-c1ccccc1Cl)n2-c1ccc(Cl)cc1. The molecule has 0 saturated carbocycles. The molecule has 0 fully saturated rings. The standard InChI is InChI=1S/C19H13Cl2N4O4P2/c1-31(29)25-17-15(18(26)23(10-30-28)19(25)27)24(12-8-6-11(20)7-9-12)16(22-17)13-4-2-3-5-14(13)21/h2-9H,10H2,1H3/q+1. The number of fused-ring (bicyclic) bond motifs is 1. The summed E-state index contributed by atoms with van der Waals surface area (Å²) in [4.78, 5) is 30.7. The van der Waals surface area contributed by atoms with Gasteiger partial charge in [0, 0.05) is 16.3 Å². The zero-order valence-corrected chi connectivity index (χ0v) is 19.2. The molecule has 31 heavy (non-hydrogen) atoms. The van der Waals surface area contributed by atoms with Crippen molar-refractivity contribution in [2.24, 2.45) is 0 Å². The van der Waals surface area contributed by atoms with E-state index in [1.165, 1.54) is 11.2 Å². The van der Waals surface area contributed by atoms with Gasteiger partial charge in [0.05, 0.1) is 5.02 Å². The first-order valence-corrected chi connectivity index (χ1v) is 12.3. The van der Waals surface area contributed by atoms with Gasteiger partial charge in [-0.2, -0.15) is 0 Å². The first kappa shape index (κ1) is 21.6. The fraction of sp³-hybridized carbons (Fsp3) is 0.105. The molecule has 0 spiro atoms. The Morgan fingerprint density at radius 3 is 2.35 bits per heavy atom. The summed E-state index contributed by atoms with van der Waals surface area (Å²) in [6.45, 7) is 1.33. The van der Waals surface area contributed by atoms with E-state index in [9.17, 15) is 18.7 Å². The molecule has 0 N–H and O–H groups in total. The summed E-state index contributed by atoms with van der Waals surface area (Å²) in [6.07, 6.45) is -0.385. The van der Waals surface area contributed by atoms with E-state index in [1.54, 1.807) is 48.5 Å². The fourth-order valence-corrected chi connectivity index (χ4v) is 4.74. The lowest BCUT2D eigenvalue weighted by molar-refractivity contribution is 0.578. The Balaban J connectivity index is 2.27. The number of halogens is 2. The van der Waals surface area contributed by atoms with Crippen LogP contribution < -0.4 is 11.2 Å². The third-order valence-corrected chi connectivity index (χ3v) is 6.50. The van der Waals surface area contributed by atoms with Gasteiger partial charge in [-0.15, -0.1) is 0 Å². The smallest absolute Gasteiger partial charge is 0.286 e. The van der Waals surface area contributed by atoms with Gasteiger partial charge in [0.15, 0.2) is 20.6 Å². The number of hydrogen-bond acceptors (Lipinski definition) is 5. The molecule has 4 aromatic rings. The summed E-state index contributed by atoms with van der Waals surface area (Å²) in [5.74, 6) is 0.280. The van der Waals surface area contributed by atoms with Crippen molar-refractivity contribution in [2.75, 3.05) is 6.66 Å². The van der Waals surface area contributed by atoms with Crippen LogP contribution in [0.1, 0.15) is 0 Å². The molecule has 12 heteroatoms. The summed E-state index contributed by atoms with van der Waals surface area (Å²) in [7, 11) is -2.68. The summed E-state index contributed by atoms with van der Waals surface area (Å²) < 4.78 is 26.9. The third-order valence-electron chi connectivity index (χ3n) is 4.60. The van der Waals surface area contributed by atoms with Crippen molar-refractivity contribution in [2.45, 2.75) is 6.29 Å². The number of hydrogen-bond donors (Lipinski definition) is 0. The molecule has 2 aromatic carbocycles. The molecule has 0 bridgehead atoms. The van der Waals surface area contributed by atoms with E-state index in [0.29, 0.717) is 21.3 Å². The molecule has 0 aliphatic heterocycles. The second-order valence-corrected chi connectivity index (χ2v) is 9.17. The van der Waals surface area contributed by atoms with Crippen LogP contribution >= 0.6 is 39.6 Å². The fourth-order valence-electron chi connectivity index (χ4n) is 3.27. The van der Waals surface area contributed by atoms with Gasteiger partial charge in [-0.25, -0.2) is 14.3 Å². The van der Waals surface area contributed by atoms with Crippen molar-refractivity contribution >= 4 is 50.8 Å². The maximum atomic E-state index is 13.3. The Hall–Kier alpha value is -2.63. The van der Waals surface area contributed by atoms with E-state index >= 15 is 0 Å². The van der Waals surface area contributed by atoms with Gasteiger partial charge in [-0.1, -0.05) is 39.7 Å². The molecule has 2 aromatic heterocycles. The largest absolute Gasteiger partial charge is 0.469 e. The second kappa shape index (κ2) is 8.48. The van der Waals surface area contributed by atoms with Gasteiger partial charge in [0.1, 0.15) is 12.1 Å². The first-order valence-electron chi connectivity index (χ1n) is 8.84. The van der Waals surface area contributed by atoms with Crippen molar-refractivity contribution in [1.82, 2.24) is 18.5 Å². The van der Waals surface area contributed by atoms with E-state index in [1.807, 2.05) is 0 Å². The zero-order chi connectivity index (χ0) is 22.3. The Morgan fingerprint density at radius 1 is 1.06 bits per heavy atom. The van der Waals surface area contributed by atoms with E-state index in [2.05, 4.69) is 4.98 Å². The van der Waals surface area contributed by atoms with E-state index in [0.717, 1.165) is 8.90 Å². The molecule has 0 radical (unpaired) electrons. The van der Waals surface area contributed by atoms with Crippen LogP contribution in [0.15, 0.2) is 58.1 Å². The molecular weight excluding hydrogens is 481 g/mol.